The highest BCUT2D eigenvalue weighted by Gasteiger charge is 2.21. The maximum Gasteiger partial charge on any atom is 0.237 e. The van der Waals surface area contributed by atoms with Crippen LogP contribution in [0.15, 0.2) is 18.2 Å². The van der Waals surface area contributed by atoms with E-state index in [9.17, 15) is 4.79 Å². The summed E-state index contributed by atoms with van der Waals surface area (Å²) in [7, 11) is 1.55. The van der Waals surface area contributed by atoms with Gasteiger partial charge in [0.05, 0.1) is 17.4 Å². The molecule has 1 atom stereocenters. The molecule has 1 saturated heterocycles. The maximum atomic E-state index is 12.2. The van der Waals surface area contributed by atoms with Crippen LogP contribution in [0.25, 0.3) is 0 Å². The molecule has 2 rings (SSSR count). The number of nitrogens with zero attached hydrogens (tertiary/aromatic N) is 1. The molecule has 120 valence electrons. The highest BCUT2D eigenvalue weighted by atomic mass is 35.5. The molecule has 7 heteroatoms. The molecule has 1 N–H and O–H groups in total. The van der Waals surface area contributed by atoms with Crippen LogP contribution in [0.4, 0.5) is 5.69 Å². The van der Waals surface area contributed by atoms with E-state index in [1.807, 2.05) is 6.92 Å². The van der Waals surface area contributed by atoms with Gasteiger partial charge in [-0.1, -0.05) is 35.6 Å². The SMILES string of the molecule is COc1ccc(NC(=O)[C@H](C)SC(=S)N2CCCC2)cc1Cl. The molecule has 4 nitrogen and oxygen atoms in total. The van der Waals surface area contributed by atoms with Crippen LogP contribution in [0.5, 0.6) is 5.75 Å². The lowest BCUT2D eigenvalue weighted by molar-refractivity contribution is -0.115. The largest absolute Gasteiger partial charge is 0.495 e. The fourth-order valence-electron chi connectivity index (χ4n) is 2.17. The fraction of sp³-hybridized carbons (Fsp3) is 0.467. The number of hydrogen-bond donors (Lipinski definition) is 1. The van der Waals surface area contributed by atoms with Gasteiger partial charge in [0.1, 0.15) is 10.1 Å². The van der Waals surface area contributed by atoms with E-state index in [0.29, 0.717) is 16.5 Å². The molecule has 1 fully saturated rings. The van der Waals surface area contributed by atoms with Crippen molar-refractivity contribution in [3.63, 3.8) is 0 Å². The second-order valence-electron chi connectivity index (χ2n) is 5.06. The number of thioether (sulfide) groups is 1. The number of halogens is 1. The van der Waals surface area contributed by atoms with Crippen molar-refractivity contribution < 1.29 is 9.53 Å². The summed E-state index contributed by atoms with van der Waals surface area (Å²) in [5.74, 6) is 0.491. The Balaban J connectivity index is 1.90. The van der Waals surface area contributed by atoms with E-state index in [1.165, 1.54) is 24.6 Å². The van der Waals surface area contributed by atoms with Gasteiger partial charge in [0.2, 0.25) is 5.91 Å². The summed E-state index contributed by atoms with van der Waals surface area (Å²) in [6.07, 6.45) is 2.34. The standard InChI is InChI=1S/C15H19ClN2O2S2/c1-10(22-15(21)18-7-3-4-8-18)14(19)17-11-5-6-13(20-2)12(16)9-11/h5-6,9-10H,3-4,7-8H2,1-2H3,(H,17,19)/t10-/m0/s1. The molecule has 1 aromatic rings. The average molecular weight is 359 g/mol. The van der Waals surface area contributed by atoms with Gasteiger partial charge < -0.3 is 15.0 Å². The average Bonchev–Trinajstić information content (AvgIpc) is 3.01. The van der Waals surface area contributed by atoms with Crippen LogP contribution in [-0.2, 0) is 4.79 Å². The molecule has 22 heavy (non-hydrogen) atoms. The number of ether oxygens (including phenoxy) is 1. The first kappa shape index (κ1) is 17.4. The van der Waals surface area contributed by atoms with E-state index in [0.717, 1.165) is 17.4 Å². The maximum absolute atomic E-state index is 12.2. The monoisotopic (exact) mass is 358 g/mol. The van der Waals surface area contributed by atoms with Gasteiger partial charge in [-0.25, -0.2) is 0 Å². The minimum Gasteiger partial charge on any atom is -0.495 e. The Morgan fingerprint density at radius 1 is 1.45 bits per heavy atom. The molecule has 1 aliphatic heterocycles. The lowest BCUT2D eigenvalue weighted by atomic mass is 10.3. The van der Waals surface area contributed by atoms with E-state index in [1.54, 1.807) is 25.3 Å². The summed E-state index contributed by atoms with van der Waals surface area (Å²) in [4.78, 5) is 14.4. The molecule has 0 aliphatic carbocycles. The highest BCUT2D eigenvalue weighted by molar-refractivity contribution is 8.23. The Morgan fingerprint density at radius 2 is 2.14 bits per heavy atom. The molecule has 0 spiro atoms. The van der Waals surface area contributed by atoms with Gasteiger partial charge in [-0.05, 0) is 38.0 Å². The van der Waals surface area contributed by atoms with Crippen LogP contribution in [-0.4, -0.2) is 40.6 Å². The molecule has 0 aromatic heterocycles. The Morgan fingerprint density at radius 3 is 2.73 bits per heavy atom. The zero-order valence-corrected chi connectivity index (χ0v) is 15.0. The summed E-state index contributed by atoms with van der Waals surface area (Å²) in [5.41, 5.74) is 0.648. The Hall–Kier alpha value is -0.980. The van der Waals surface area contributed by atoms with E-state index >= 15 is 0 Å². The van der Waals surface area contributed by atoms with Crippen LogP contribution >= 0.6 is 35.6 Å². The van der Waals surface area contributed by atoms with E-state index in [2.05, 4.69) is 10.2 Å². The summed E-state index contributed by atoms with van der Waals surface area (Å²) in [6.45, 7) is 3.84. The summed E-state index contributed by atoms with van der Waals surface area (Å²) in [5, 5.41) is 3.06. The number of thiocarbonyl (C=S) groups is 1. The molecule has 1 aliphatic rings. The number of carbonyl (C=O) groups is 1. The number of amides is 1. The van der Waals surface area contributed by atoms with Gasteiger partial charge in [-0.2, -0.15) is 0 Å². The first-order valence-corrected chi connectivity index (χ1v) is 8.78. The molecular formula is C15H19ClN2O2S2. The van der Waals surface area contributed by atoms with Crippen molar-refractivity contribution in [3.05, 3.63) is 23.2 Å². The molecule has 1 aromatic carbocycles. The summed E-state index contributed by atoms with van der Waals surface area (Å²) >= 11 is 12.9. The van der Waals surface area contributed by atoms with Crippen LogP contribution in [0.3, 0.4) is 0 Å². The molecule has 1 heterocycles. The van der Waals surface area contributed by atoms with Crippen molar-refractivity contribution in [2.75, 3.05) is 25.5 Å². The van der Waals surface area contributed by atoms with Crippen LogP contribution in [0, 0.1) is 0 Å². The van der Waals surface area contributed by atoms with Gasteiger partial charge in [0, 0.05) is 18.8 Å². The van der Waals surface area contributed by atoms with Crippen molar-refractivity contribution in [3.8, 4) is 5.75 Å². The smallest absolute Gasteiger partial charge is 0.237 e. The number of hydrogen-bond acceptors (Lipinski definition) is 4. The highest BCUT2D eigenvalue weighted by Crippen LogP contribution is 2.28. The predicted molar refractivity (Wildman–Crippen MR) is 97.1 cm³/mol. The van der Waals surface area contributed by atoms with Gasteiger partial charge in [0.25, 0.3) is 0 Å². The number of anilines is 1. The second-order valence-corrected chi connectivity index (χ2v) is 7.44. The zero-order valence-electron chi connectivity index (χ0n) is 12.6. The van der Waals surface area contributed by atoms with Crippen LogP contribution < -0.4 is 10.1 Å². The van der Waals surface area contributed by atoms with Crippen LogP contribution in [0.1, 0.15) is 19.8 Å². The minimum atomic E-state index is -0.256. The third kappa shape index (κ3) is 4.51. The molecule has 0 unspecified atom stereocenters. The molecule has 0 radical (unpaired) electrons. The van der Waals surface area contributed by atoms with E-state index in [-0.39, 0.29) is 11.2 Å². The number of likely N-dealkylation sites (tertiary alicyclic amines) is 1. The Labute approximate surface area is 145 Å². The minimum absolute atomic E-state index is 0.0900. The molecule has 0 bridgehead atoms. The Bertz CT molecular complexity index is 562. The third-order valence-corrected chi connectivity index (χ3v) is 5.30. The van der Waals surface area contributed by atoms with Gasteiger partial charge in [-0.3, -0.25) is 4.79 Å². The van der Waals surface area contributed by atoms with Crippen molar-refractivity contribution in [1.82, 2.24) is 4.90 Å². The number of methoxy groups -OCH3 is 1. The predicted octanol–water partition coefficient (Wildman–Crippen LogP) is 3.79. The van der Waals surface area contributed by atoms with Crippen LogP contribution in [0.2, 0.25) is 5.02 Å². The topological polar surface area (TPSA) is 41.6 Å². The van der Waals surface area contributed by atoms with Crippen molar-refractivity contribution >= 4 is 51.5 Å². The number of benzene rings is 1. The van der Waals surface area contributed by atoms with Crippen molar-refractivity contribution in [2.24, 2.45) is 0 Å². The number of carbonyl (C=O) groups excluding carboxylic acids is 1. The third-order valence-electron chi connectivity index (χ3n) is 3.43. The first-order chi connectivity index (χ1) is 10.5. The molecule has 1 amide bonds. The van der Waals surface area contributed by atoms with E-state index < -0.39 is 0 Å². The lowest BCUT2D eigenvalue weighted by Gasteiger charge is -2.20. The quantitative estimate of drug-likeness (QED) is 0.829. The summed E-state index contributed by atoms with van der Waals surface area (Å²) < 4.78 is 5.89. The molecular weight excluding hydrogens is 340 g/mol. The molecule has 0 saturated carbocycles. The number of rotatable bonds is 4. The van der Waals surface area contributed by atoms with Crippen molar-refractivity contribution in [1.29, 1.82) is 0 Å². The van der Waals surface area contributed by atoms with E-state index in [4.69, 9.17) is 28.6 Å². The fourth-order valence-corrected chi connectivity index (χ4v) is 3.84. The summed E-state index contributed by atoms with van der Waals surface area (Å²) in [6, 6.07) is 5.16. The normalized spacial score (nSPS) is 15.5. The van der Waals surface area contributed by atoms with Gasteiger partial charge in [0.15, 0.2) is 0 Å². The van der Waals surface area contributed by atoms with Gasteiger partial charge in [-0.15, -0.1) is 0 Å². The zero-order chi connectivity index (χ0) is 16.1. The second kappa shape index (κ2) is 8.04. The first-order valence-electron chi connectivity index (χ1n) is 7.11. The van der Waals surface area contributed by atoms with Crippen molar-refractivity contribution in [2.45, 2.75) is 25.0 Å². The van der Waals surface area contributed by atoms with Gasteiger partial charge >= 0.3 is 0 Å². The lowest BCUT2D eigenvalue weighted by Crippen LogP contribution is -2.29. The Kier molecular flexibility index (Phi) is 6.35. The number of nitrogens with one attached hydrogen (secondary N) is 1.